The number of hydrogen-bond acceptors (Lipinski definition) is 5. The number of carbonyl (C=O) groups excluding carboxylic acids is 3. The van der Waals surface area contributed by atoms with Crippen LogP contribution in [0, 0.1) is 0 Å². The highest BCUT2D eigenvalue weighted by Gasteiger charge is 2.22. The van der Waals surface area contributed by atoms with Gasteiger partial charge in [-0.25, -0.2) is 9.48 Å². The second-order valence-corrected chi connectivity index (χ2v) is 6.75. The zero-order valence-corrected chi connectivity index (χ0v) is 16.7. The summed E-state index contributed by atoms with van der Waals surface area (Å²) in [4.78, 5) is 36.2. The first kappa shape index (κ1) is 21.6. The minimum atomic E-state index is -0.996. The maximum Gasteiger partial charge on any atom is 0.408 e. The van der Waals surface area contributed by atoms with Crippen LogP contribution >= 0.6 is 0 Å². The molecular weight excluding hydrogens is 398 g/mol. The Balaban J connectivity index is 1.63. The minimum Gasteiger partial charge on any atom is -0.445 e. The lowest BCUT2D eigenvalue weighted by Crippen LogP contribution is -2.44. The molecule has 3 amide bonds. The molecule has 0 bridgehead atoms. The van der Waals surface area contributed by atoms with Crippen molar-refractivity contribution in [2.24, 2.45) is 5.73 Å². The lowest BCUT2D eigenvalue weighted by molar-refractivity contribution is -0.119. The molecule has 0 aliphatic heterocycles. The maximum atomic E-state index is 12.8. The van der Waals surface area contributed by atoms with E-state index in [2.05, 4.69) is 15.7 Å². The summed E-state index contributed by atoms with van der Waals surface area (Å²) in [7, 11) is 0. The fourth-order valence-corrected chi connectivity index (χ4v) is 2.84. The van der Waals surface area contributed by atoms with Crippen LogP contribution in [0.4, 0.5) is 10.5 Å². The van der Waals surface area contributed by atoms with Gasteiger partial charge in [-0.2, -0.15) is 5.10 Å². The molecule has 0 radical (unpaired) electrons. The lowest BCUT2D eigenvalue weighted by atomic mass is 10.1. The third kappa shape index (κ3) is 6.70. The highest BCUT2D eigenvalue weighted by atomic mass is 16.5. The van der Waals surface area contributed by atoms with E-state index in [1.807, 2.05) is 36.4 Å². The molecule has 1 atom stereocenters. The number of aromatic nitrogens is 2. The predicted octanol–water partition coefficient (Wildman–Crippen LogP) is 2.37. The fraction of sp³-hybridized carbons (Fsp3) is 0.182. The Morgan fingerprint density at radius 1 is 1.06 bits per heavy atom. The third-order valence-corrected chi connectivity index (χ3v) is 4.38. The molecule has 4 N–H and O–H groups in total. The smallest absolute Gasteiger partial charge is 0.408 e. The van der Waals surface area contributed by atoms with Crippen molar-refractivity contribution >= 4 is 23.6 Å². The summed E-state index contributed by atoms with van der Waals surface area (Å²) in [6, 6.07) is 17.0. The van der Waals surface area contributed by atoms with E-state index < -0.39 is 23.9 Å². The second-order valence-electron chi connectivity index (χ2n) is 6.75. The van der Waals surface area contributed by atoms with Crippen LogP contribution in [0.1, 0.15) is 18.4 Å². The van der Waals surface area contributed by atoms with Crippen molar-refractivity contribution in [2.45, 2.75) is 25.5 Å². The molecule has 9 heteroatoms. The molecule has 160 valence electrons. The Labute approximate surface area is 179 Å². The van der Waals surface area contributed by atoms with Gasteiger partial charge in [-0.3, -0.25) is 9.59 Å². The van der Waals surface area contributed by atoms with E-state index in [-0.39, 0.29) is 19.4 Å². The number of amides is 3. The molecule has 0 unspecified atom stereocenters. The number of primary amides is 1. The van der Waals surface area contributed by atoms with Crippen molar-refractivity contribution in [3.8, 4) is 5.69 Å². The first-order valence-electron chi connectivity index (χ1n) is 9.68. The number of rotatable bonds is 9. The van der Waals surface area contributed by atoms with E-state index in [1.54, 1.807) is 41.3 Å². The van der Waals surface area contributed by atoms with Crippen LogP contribution in [0.2, 0.25) is 0 Å². The molecule has 3 aromatic rings. The van der Waals surface area contributed by atoms with Crippen LogP contribution < -0.4 is 16.4 Å². The van der Waals surface area contributed by atoms with E-state index >= 15 is 0 Å². The average Bonchev–Trinajstić information content (AvgIpc) is 3.31. The molecule has 31 heavy (non-hydrogen) atoms. The van der Waals surface area contributed by atoms with Gasteiger partial charge in [0.25, 0.3) is 0 Å². The molecule has 1 aromatic heterocycles. The molecule has 0 aliphatic rings. The fourth-order valence-electron chi connectivity index (χ4n) is 2.84. The van der Waals surface area contributed by atoms with Crippen molar-refractivity contribution in [1.29, 1.82) is 0 Å². The molecule has 0 saturated carbocycles. The summed E-state index contributed by atoms with van der Waals surface area (Å²) in [5.41, 5.74) is 7.29. The van der Waals surface area contributed by atoms with Crippen LogP contribution in [-0.2, 0) is 20.9 Å². The maximum absolute atomic E-state index is 12.8. The number of nitrogens with two attached hydrogens (primary N) is 1. The Hall–Kier alpha value is -4.14. The van der Waals surface area contributed by atoms with Gasteiger partial charge in [0.2, 0.25) is 11.8 Å². The van der Waals surface area contributed by atoms with Gasteiger partial charge in [0.15, 0.2) is 0 Å². The highest BCUT2D eigenvalue weighted by molar-refractivity contribution is 5.97. The molecule has 0 fully saturated rings. The number of benzene rings is 2. The number of nitrogens with one attached hydrogen (secondary N) is 2. The normalized spacial score (nSPS) is 11.4. The zero-order chi connectivity index (χ0) is 22.1. The van der Waals surface area contributed by atoms with Gasteiger partial charge in [0.05, 0.1) is 5.69 Å². The van der Waals surface area contributed by atoms with Gasteiger partial charge in [0, 0.05) is 24.5 Å². The molecule has 0 aliphatic carbocycles. The molecule has 0 spiro atoms. The Morgan fingerprint density at radius 3 is 2.58 bits per heavy atom. The summed E-state index contributed by atoms with van der Waals surface area (Å²) in [5, 5.41) is 9.41. The number of carbonyl (C=O) groups is 3. The van der Waals surface area contributed by atoms with Gasteiger partial charge in [-0.05, 0) is 36.2 Å². The molecule has 0 saturated heterocycles. The SMILES string of the molecule is NC(=O)CC[C@H](NC(=O)OCc1ccccc1)C(=O)Nc1cccc(-n2cccn2)c1. The van der Waals surface area contributed by atoms with Gasteiger partial charge < -0.3 is 21.1 Å². The van der Waals surface area contributed by atoms with Gasteiger partial charge >= 0.3 is 6.09 Å². The number of hydrogen-bond donors (Lipinski definition) is 3. The van der Waals surface area contributed by atoms with E-state index in [4.69, 9.17) is 10.5 Å². The van der Waals surface area contributed by atoms with Crippen LogP contribution in [0.15, 0.2) is 73.1 Å². The number of anilines is 1. The summed E-state index contributed by atoms with van der Waals surface area (Å²) >= 11 is 0. The average molecular weight is 421 g/mol. The van der Waals surface area contributed by atoms with Gasteiger partial charge in [-0.1, -0.05) is 36.4 Å². The predicted molar refractivity (Wildman–Crippen MR) is 114 cm³/mol. The van der Waals surface area contributed by atoms with Crippen LogP contribution in [0.3, 0.4) is 0 Å². The summed E-state index contributed by atoms with van der Waals surface area (Å²) < 4.78 is 6.83. The van der Waals surface area contributed by atoms with Crippen molar-refractivity contribution in [2.75, 3.05) is 5.32 Å². The van der Waals surface area contributed by atoms with Crippen LogP contribution in [-0.4, -0.2) is 33.7 Å². The molecule has 1 heterocycles. The Kier molecular flexibility index (Phi) is 7.36. The zero-order valence-electron chi connectivity index (χ0n) is 16.7. The first-order chi connectivity index (χ1) is 15.0. The van der Waals surface area contributed by atoms with E-state index in [0.717, 1.165) is 11.3 Å². The highest BCUT2D eigenvalue weighted by Crippen LogP contribution is 2.15. The Bertz CT molecular complexity index is 1020. The third-order valence-electron chi connectivity index (χ3n) is 4.38. The molecule has 2 aromatic carbocycles. The first-order valence-corrected chi connectivity index (χ1v) is 9.68. The minimum absolute atomic E-state index is 0.0421. The number of ether oxygens (including phenoxy) is 1. The lowest BCUT2D eigenvalue weighted by Gasteiger charge is -2.18. The van der Waals surface area contributed by atoms with Crippen LogP contribution in [0.5, 0.6) is 0 Å². The van der Waals surface area contributed by atoms with Crippen molar-refractivity contribution in [3.05, 3.63) is 78.6 Å². The van der Waals surface area contributed by atoms with Gasteiger partial charge in [-0.15, -0.1) is 0 Å². The van der Waals surface area contributed by atoms with Crippen LogP contribution in [0.25, 0.3) is 5.69 Å². The van der Waals surface area contributed by atoms with Crippen molar-refractivity contribution in [1.82, 2.24) is 15.1 Å². The number of nitrogens with zero attached hydrogens (tertiary/aromatic N) is 2. The van der Waals surface area contributed by atoms with E-state index in [9.17, 15) is 14.4 Å². The molecule has 3 rings (SSSR count). The summed E-state index contributed by atoms with van der Waals surface area (Å²) in [5.74, 6) is -1.06. The second kappa shape index (κ2) is 10.6. The number of alkyl carbamates (subject to hydrolysis) is 1. The summed E-state index contributed by atoms with van der Waals surface area (Å²) in [6.45, 7) is 0.0583. The molecular formula is C22H23N5O4. The monoisotopic (exact) mass is 421 g/mol. The Morgan fingerprint density at radius 2 is 1.87 bits per heavy atom. The standard InChI is InChI=1S/C22H23N5O4/c23-20(28)11-10-19(26-22(30)31-15-16-6-2-1-3-7-16)21(29)25-17-8-4-9-18(14-17)27-13-5-12-24-27/h1-9,12-14,19H,10-11,15H2,(H2,23,28)(H,25,29)(H,26,30)/t19-/m0/s1. The van der Waals surface area contributed by atoms with Gasteiger partial charge in [0.1, 0.15) is 12.6 Å². The van der Waals surface area contributed by atoms with E-state index in [0.29, 0.717) is 5.69 Å². The van der Waals surface area contributed by atoms with Crippen molar-refractivity contribution < 1.29 is 19.1 Å². The molecule has 9 nitrogen and oxygen atoms in total. The summed E-state index contributed by atoms with van der Waals surface area (Å²) in [6.07, 6.45) is 2.64. The van der Waals surface area contributed by atoms with E-state index in [1.165, 1.54) is 0 Å². The largest absolute Gasteiger partial charge is 0.445 e. The van der Waals surface area contributed by atoms with Crippen molar-refractivity contribution in [3.63, 3.8) is 0 Å². The quantitative estimate of drug-likeness (QED) is 0.489. The topological polar surface area (TPSA) is 128 Å².